The van der Waals surface area contributed by atoms with Crippen LogP contribution in [-0.4, -0.2) is 26.6 Å². The van der Waals surface area contributed by atoms with Crippen molar-refractivity contribution in [3.8, 4) is 11.5 Å². The van der Waals surface area contributed by atoms with Crippen LogP contribution < -0.4 is 9.47 Å². The molecule has 0 spiro atoms. The number of rotatable bonds is 7. The predicted octanol–water partition coefficient (Wildman–Crippen LogP) is 2.45. The fourth-order valence-electron chi connectivity index (χ4n) is 1.44. The minimum Gasteiger partial charge on any atom is -0.493 e. The Morgan fingerprint density at radius 1 is 1.22 bits per heavy atom. The first-order valence-electron chi connectivity index (χ1n) is 5.87. The van der Waals surface area contributed by atoms with Crippen LogP contribution in [0.4, 0.5) is 0 Å². The van der Waals surface area contributed by atoms with Gasteiger partial charge in [-0.1, -0.05) is 13.0 Å². The van der Waals surface area contributed by atoms with Crippen molar-refractivity contribution in [2.24, 2.45) is 5.92 Å². The number of ketones is 1. The largest absolute Gasteiger partial charge is 0.493 e. The first kappa shape index (κ1) is 14.5. The second-order valence-corrected chi connectivity index (χ2v) is 4.22. The quantitative estimate of drug-likeness (QED) is 0.747. The number of hydrogen-bond acceptors (Lipinski definition) is 4. The maximum Gasteiger partial charge on any atom is 0.161 e. The average molecular weight is 252 g/mol. The zero-order chi connectivity index (χ0) is 13.5. The molecule has 0 unspecified atom stereocenters. The molecule has 0 saturated heterocycles. The van der Waals surface area contributed by atoms with Crippen LogP contribution in [0.15, 0.2) is 18.2 Å². The molecule has 0 fully saturated rings. The van der Waals surface area contributed by atoms with Gasteiger partial charge in [-0.05, 0) is 24.6 Å². The maximum atomic E-state index is 11.1. The molecular formula is C14H20O4. The highest BCUT2D eigenvalue weighted by atomic mass is 16.5. The molecule has 1 aromatic rings. The van der Waals surface area contributed by atoms with Gasteiger partial charge in [0.1, 0.15) is 5.78 Å². The summed E-state index contributed by atoms with van der Waals surface area (Å²) < 4.78 is 15.9. The topological polar surface area (TPSA) is 44.8 Å². The lowest BCUT2D eigenvalue weighted by molar-refractivity contribution is -0.122. The molecule has 18 heavy (non-hydrogen) atoms. The molecule has 0 aliphatic carbocycles. The molecular weight excluding hydrogens is 232 g/mol. The monoisotopic (exact) mass is 252 g/mol. The highest BCUT2D eigenvalue weighted by Crippen LogP contribution is 2.27. The molecule has 0 aliphatic rings. The Kier molecular flexibility index (Phi) is 5.65. The lowest BCUT2D eigenvalue weighted by Crippen LogP contribution is -2.13. The van der Waals surface area contributed by atoms with Crippen molar-refractivity contribution in [3.63, 3.8) is 0 Å². The Balaban J connectivity index is 2.55. The van der Waals surface area contributed by atoms with Gasteiger partial charge in [-0.3, -0.25) is 4.79 Å². The SMILES string of the molecule is COc1ccc(COC[C@H](C)C(C)=O)cc1OC. The summed E-state index contributed by atoms with van der Waals surface area (Å²) in [7, 11) is 3.20. The fourth-order valence-corrected chi connectivity index (χ4v) is 1.44. The smallest absolute Gasteiger partial charge is 0.161 e. The molecule has 0 amide bonds. The van der Waals surface area contributed by atoms with E-state index in [0.717, 1.165) is 5.56 Å². The number of benzene rings is 1. The summed E-state index contributed by atoms with van der Waals surface area (Å²) in [5, 5.41) is 0. The van der Waals surface area contributed by atoms with Gasteiger partial charge in [0.25, 0.3) is 0 Å². The van der Waals surface area contributed by atoms with Gasteiger partial charge < -0.3 is 14.2 Å². The molecule has 0 heterocycles. The van der Waals surface area contributed by atoms with E-state index in [1.54, 1.807) is 21.1 Å². The summed E-state index contributed by atoms with van der Waals surface area (Å²) in [6, 6.07) is 5.63. The number of carbonyl (C=O) groups is 1. The van der Waals surface area contributed by atoms with Crippen LogP contribution in [0.3, 0.4) is 0 Å². The summed E-state index contributed by atoms with van der Waals surface area (Å²) >= 11 is 0. The first-order valence-corrected chi connectivity index (χ1v) is 5.87. The summed E-state index contributed by atoms with van der Waals surface area (Å²) in [5.74, 6) is 1.45. The van der Waals surface area contributed by atoms with Gasteiger partial charge in [0, 0.05) is 5.92 Å². The number of hydrogen-bond donors (Lipinski definition) is 0. The van der Waals surface area contributed by atoms with Crippen molar-refractivity contribution < 1.29 is 19.0 Å². The minimum absolute atomic E-state index is 0.0647. The van der Waals surface area contributed by atoms with E-state index < -0.39 is 0 Å². The molecule has 0 saturated carbocycles. The molecule has 0 aromatic heterocycles. The number of carbonyl (C=O) groups excluding carboxylic acids is 1. The Hall–Kier alpha value is -1.55. The molecule has 100 valence electrons. The lowest BCUT2D eigenvalue weighted by Gasteiger charge is -2.11. The highest BCUT2D eigenvalue weighted by Gasteiger charge is 2.08. The van der Waals surface area contributed by atoms with E-state index in [2.05, 4.69) is 0 Å². The van der Waals surface area contributed by atoms with Crippen molar-refractivity contribution in [2.45, 2.75) is 20.5 Å². The van der Waals surface area contributed by atoms with Crippen LogP contribution in [0.2, 0.25) is 0 Å². The summed E-state index contributed by atoms with van der Waals surface area (Å²) in [6.07, 6.45) is 0. The van der Waals surface area contributed by atoms with Gasteiger partial charge in [-0.15, -0.1) is 0 Å². The van der Waals surface area contributed by atoms with Crippen LogP contribution in [0, 0.1) is 5.92 Å². The van der Waals surface area contributed by atoms with E-state index in [0.29, 0.717) is 24.7 Å². The minimum atomic E-state index is -0.0647. The van der Waals surface area contributed by atoms with Gasteiger partial charge in [0.2, 0.25) is 0 Å². The van der Waals surface area contributed by atoms with E-state index in [1.165, 1.54) is 0 Å². The van der Waals surface area contributed by atoms with Crippen LogP contribution in [-0.2, 0) is 16.1 Å². The van der Waals surface area contributed by atoms with E-state index in [1.807, 2.05) is 25.1 Å². The van der Waals surface area contributed by atoms with Crippen LogP contribution in [0.5, 0.6) is 11.5 Å². The zero-order valence-corrected chi connectivity index (χ0v) is 11.4. The Bertz CT molecular complexity index is 401. The highest BCUT2D eigenvalue weighted by molar-refractivity contribution is 5.77. The van der Waals surface area contributed by atoms with Crippen molar-refractivity contribution in [1.29, 1.82) is 0 Å². The maximum absolute atomic E-state index is 11.1. The van der Waals surface area contributed by atoms with Gasteiger partial charge in [-0.2, -0.15) is 0 Å². The number of ether oxygens (including phenoxy) is 3. The standard InChI is InChI=1S/C14H20O4/c1-10(11(2)15)8-18-9-12-5-6-13(16-3)14(7-12)17-4/h5-7,10H,8-9H2,1-4H3/t10-/m0/s1. The fraction of sp³-hybridized carbons (Fsp3) is 0.500. The molecule has 1 atom stereocenters. The predicted molar refractivity (Wildman–Crippen MR) is 69.0 cm³/mol. The molecule has 4 heteroatoms. The van der Waals surface area contributed by atoms with E-state index in [9.17, 15) is 4.79 Å². The average Bonchev–Trinajstić information content (AvgIpc) is 2.38. The van der Waals surface area contributed by atoms with Crippen molar-refractivity contribution >= 4 is 5.78 Å². The number of methoxy groups -OCH3 is 2. The van der Waals surface area contributed by atoms with Gasteiger partial charge in [0.15, 0.2) is 11.5 Å². The molecule has 1 rings (SSSR count). The summed E-state index contributed by atoms with van der Waals surface area (Å²) in [6.45, 7) is 4.32. The molecule has 0 N–H and O–H groups in total. The summed E-state index contributed by atoms with van der Waals surface area (Å²) in [4.78, 5) is 11.1. The molecule has 4 nitrogen and oxygen atoms in total. The Labute approximate surface area is 108 Å². The van der Waals surface area contributed by atoms with Crippen molar-refractivity contribution in [1.82, 2.24) is 0 Å². The first-order chi connectivity index (χ1) is 8.58. The van der Waals surface area contributed by atoms with Gasteiger partial charge >= 0.3 is 0 Å². The molecule has 0 radical (unpaired) electrons. The second kappa shape index (κ2) is 7.01. The molecule has 1 aromatic carbocycles. The third kappa shape index (κ3) is 4.04. The van der Waals surface area contributed by atoms with Crippen LogP contribution >= 0.6 is 0 Å². The van der Waals surface area contributed by atoms with E-state index in [-0.39, 0.29) is 11.7 Å². The van der Waals surface area contributed by atoms with Gasteiger partial charge in [0.05, 0.1) is 27.4 Å². The third-order valence-corrected chi connectivity index (χ3v) is 2.78. The van der Waals surface area contributed by atoms with Crippen LogP contribution in [0.25, 0.3) is 0 Å². The van der Waals surface area contributed by atoms with Crippen molar-refractivity contribution in [2.75, 3.05) is 20.8 Å². The lowest BCUT2D eigenvalue weighted by atomic mass is 10.1. The Morgan fingerprint density at radius 3 is 2.44 bits per heavy atom. The Morgan fingerprint density at radius 2 is 1.89 bits per heavy atom. The second-order valence-electron chi connectivity index (χ2n) is 4.22. The van der Waals surface area contributed by atoms with E-state index >= 15 is 0 Å². The normalized spacial score (nSPS) is 12.0. The molecule has 0 aliphatic heterocycles. The van der Waals surface area contributed by atoms with Crippen LogP contribution in [0.1, 0.15) is 19.4 Å². The number of Topliss-reactive ketones (excluding diaryl/α,β-unsaturated/α-hetero) is 1. The summed E-state index contributed by atoms with van der Waals surface area (Å²) in [5.41, 5.74) is 0.989. The third-order valence-electron chi connectivity index (χ3n) is 2.78. The molecule has 0 bridgehead atoms. The van der Waals surface area contributed by atoms with Crippen molar-refractivity contribution in [3.05, 3.63) is 23.8 Å². The zero-order valence-electron chi connectivity index (χ0n) is 11.4. The van der Waals surface area contributed by atoms with Gasteiger partial charge in [-0.25, -0.2) is 0 Å². The van der Waals surface area contributed by atoms with E-state index in [4.69, 9.17) is 14.2 Å².